The van der Waals surface area contributed by atoms with Crippen LogP contribution in [0.5, 0.6) is 0 Å². The lowest BCUT2D eigenvalue weighted by atomic mass is 10.1. The summed E-state index contributed by atoms with van der Waals surface area (Å²) in [6, 6.07) is 6.10. The Morgan fingerprint density at radius 2 is 2.25 bits per heavy atom. The van der Waals surface area contributed by atoms with Crippen molar-refractivity contribution in [3.05, 3.63) is 34.3 Å². The first-order valence-electron chi connectivity index (χ1n) is 3.79. The van der Waals surface area contributed by atoms with E-state index in [0.717, 1.165) is 15.6 Å². The van der Waals surface area contributed by atoms with Gasteiger partial charge in [0.05, 0.1) is 6.04 Å². The second-order valence-corrected chi connectivity index (χ2v) is 3.77. The van der Waals surface area contributed by atoms with Gasteiger partial charge in [-0.25, -0.2) is 0 Å². The number of hydrogen-bond donors (Lipinski definition) is 1. The summed E-state index contributed by atoms with van der Waals surface area (Å²) in [6.07, 6.45) is 0. The van der Waals surface area contributed by atoms with Crippen molar-refractivity contribution in [1.82, 2.24) is 5.32 Å². The Bertz CT molecular complexity index is 348. The number of rotatable bonds is 0. The summed E-state index contributed by atoms with van der Waals surface area (Å²) >= 11 is 11.0. The molecule has 1 aliphatic heterocycles. The number of thiocarbonyl (C=S) groups is 1. The minimum absolute atomic E-state index is 0.297. The molecule has 0 bridgehead atoms. The van der Waals surface area contributed by atoms with Gasteiger partial charge in [-0.3, -0.25) is 0 Å². The highest BCUT2D eigenvalue weighted by atomic mass is 35.5. The van der Waals surface area contributed by atoms with Gasteiger partial charge >= 0.3 is 0 Å². The number of nitrogens with one attached hydrogen (secondary N) is 1. The topological polar surface area (TPSA) is 12.0 Å². The van der Waals surface area contributed by atoms with Crippen LogP contribution in [-0.2, 0) is 0 Å². The van der Waals surface area contributed by atoms with Gasteiger partial charge in [0, 0.05) is 10.6 Å². The molecule has 3 heteroatoms. The highest BCUT2D eigenvalue weighted by Gasteiger charge is 2.21. The van der Waals surface area contributed by atoms with Crippen LogP contribution in [0.15, 0.2) is 18.2 Å². The van der Waals surface area contributed by atoms with E-state index in [1.54, 1.807) is 0 Å². The largest absolute Gasteiger partial charge is 0.369 e. The average molecular weight is 198 g/mol. The molecular formula is C9H8ClNS. The normalized spacial score (nSPS) is 20.5. The molecule has 0 amide bonds. The van der Waals surface area contributed by atoms with Crippen LogP contribution in [0.1, 0.15) is 24.1 Å². The second-order valence-electron chi connectivity index (χ2n) is 2.93. The van der Waals surface area contributed by atoms with Crippen LogP contribution in [0, 0.1) is 0 Å². The van der Waals surface area contributed by atoms with Crippen LogP contribution in [-0.4, -0.2) is 4.99 Å². The van der Waals surface area contributed by atoms with Crippen LogP contribution in [0.2, 0.25) is 5.02 Å². The zero-order chi connectivity index (χ0) is 8.72. The van der Waals surface area contributed by atoms with Crippen molar-refractivity contribution in [1.29, 1.82) is 0 Å². The van der Waals surface area contributed by atoms with Gasteiger partial charge in [-0.05, 0) is 24.6 Å². The molecule has 0 aliphatic carbocycles. The van der Waals surface area contributed by atoms with E-state index in [0.29, 0.717) is 6.04 Å². The fourth-order valence-electron chi connectivity index (χ4n) is 1.45. The molecule has 1 aromatic carbocycles. The third-order valence-electron chi connectivity index (χ3n) is 2.07. The highest BCUT2D eigenvalue weighted by molar-refractivity contribution is 7.80. The van der Waals surface area contributed by atoms with E-state index in [1.807, 2.05) is 18.2 Å². The number of hydrogen-bond acceptors (Lipinski definition) is 1. The molecule has 0 aromatic heterocycles. The van der Waals surface area contributed by atoms with Gasteiger partial charge in [0.1, 0.15) is 4.99 Å². The Kier molecular flexibility index (Phi) is 1.81. The number of fused-ring (bicyclic) bond motifs is 1. The van der Waals surface area contributed by atoms with Crippen LogP contribution < -0.4 is 5.32 Å². The van der Waals surface area contributed by atoms with Crippen LogP contribution in [0.25, 0.3) is 0 Å². The first-order valence-corrected chi connectivity index (χ1v) is 4.57. The lowest BCUT2D eigenvalue weighted by Crippen LogP contribution is -2.14. The quantitative estimate of drug-likeness (QED) is 0.642. The standard InChI is InChI=1S/C9H8ClNS/c1-5-8-4-6(10)2-3-7(8)9(12)11-5/h2-5H,1H3,(H,11,12). The Hall–Kier alpha value is -0.600. The Morgan fingerprint density at radius 3 is 3.00 bits per heavy atom. The first-order chi connectivity index (χ1) is 5.68. The van der Waals surface area contributed by atoms with Crippen LogP contribution >= 0.6 is 23.8 Å². The summed E-state index contributed by atoms with van der Waals surface area (Å²) in [5, 5.41) is 3.95. The van der Waals surface area contributed by atoms with Crippen molar-refractivity contribution >= 4 is 28.8 Å². The Labute approximate surface area is 81.7 Å². The zero-order valence-electron chi connectivity index (χ0n) is 6.60. The summed E-state index contributed by atoms with van der Waals surface area (Å²) in [5.74, 6) is 0. The van der Waals surface area contributed by atoms with Gasteiger partial charge in [0.25, 0.3) is 0 Å². The maximum absolute atomic E-state index is 5.87. The van der Waals surface area contributed by atoms with Crippen molar-refractivity contribution in [2.45, 2.75) is 13.0 Å². The molecule has 1 aromatic rings. The molecule has 1 heterocycles. The average Bonchev–Trinajstić information content (AvgIpc) is 2.28. The second kappa shape index (κ2) is 2.71. The van der Waals surface area contributed by atoms with E-state index in [2.05, 4.69) is 12.2 Å². The number of halogens is 1. The van der Waals surface area contributed by atoms with Crippen molar-refractivity contribution in [2.75, 3.05) is 0 Å². The molecule has 0 radical (unpaired) electrons. The predicted octanol–water partition coefficient (Wildman–Crippen LogP) is 2.68. The molecule has 1 atom stereocenters. The molecule has 0 saturated heterocycles. The van der Waals surface area contributed by atoms with Gasteiger partial charge in [-0.2, -0.15) is 0 Å². The van der Waals surface area contributed by atoms with Crippen molar-refractivity contribution in [3.8, 4) is 0 Å². The maximum Gasteiger partial charge on any atom is 0.107 e. The van der Waals surface area contributed by atoms with E-state index in [1.165, 1.54) is 5.56 Å². The number of benzene rings is 1. The summed E-state index contributed by atoms with van der Waals surface area (Å²) in [6.45, 7) is 2.08. The molecular weight excluding hydrogens is 190 g/mol. The Morgan fingerprint density at radius 1 is 1.50 bits per heavy atom. The van der Waals surface area contributed by atoms with Crippen LogP contribution in [0.4, 0.5) is 0 Å². The molecule has 62 valence electrons. The monoisotopic (exact) mass is 197 g/mol. The minimum Gasteiger partial charge on any atom is -0.369 e. The SMILES string of the molecule is CC1NC(=S)c2ccc(Cl)cc21. The van der Waals surface area contributed by atoms with Gasteiger partial charge < -0.3 is 5.32 Å². The van der Waals surface area contributed by atoms with E-state index < -0.39 is 0 Å². The van der Waals surface area contributed by atoms with E-state index in [4.69, 9.17) is 23.8 Å². The summed E-state index contributed by atoms with van der Waals surface area (Å²) in [7, 11) is 0. The molecule has 1 aliphatic rings. The molecule has 1 nitrogen and oxygen atoms in total. The summed E-state index contributed by atoms with van der Waals surface area (Å²) in [4.78, 5) is 0.828. The molecule has 1 unspecified atom stereocenters. The Balaban J connectivity index is 2.60. The highest BCUT2D eigenvalue weighted by Crippen LogP contribution is 2.27. The molecule has 1 N–H and O–H groups in total. The third kappa shape index (κ3) is 1.11. The van der Waals surface area contributed by atoms with Gasteiger partial charge in [0.2, 0.25) is 0 Å². The fraction of sp³-hybridized carbons (Fsp3) is 0.222. The molecule has 0 fully saturated rings. The lowest BCUT2D eigenvalue weighted by molar-refractivity contribution is 0.752. The molecule has 12 heavy (non-hydrogen) atoms. The van der Waals surface area contributed by atoms with Gasteiger partial charge in [-0.15, -0.1) is 0 Å². The van der Waals surface area contributed by atoms with E-state index in [9.17, 15) is 0 Å². The molecule has 0 spiro atoms. The molecule has 0 saturated carbocycles. The van der Waals surface area contributed by atoms with Crippen molar-refractivity contribution in [3.63, 3.8) is 0 Å². The van der Waals surface area contributed by atoms with Gasteiger partial charge in [-0.1, -0.05) is 29.9 Å². The van der Waals surface area contributed by atoms with Crippen LogP contribution in [0.3, 0.4) is 0 Å². The van der Waals surface area contributed by atoms with Crippen molar-refractivity contribution in [2.24, 2.45) is 0 Å². The lowest BCUT2D eigenvalue weighted by Gasteiger charge is -2.03. The summed E-state index contributed by atoms with van der Waals surface area (Å²) < 4.78 is 0. The fourth-order valence-corrected chi connectivity index (χ4v) is 1.99. The molecule has 2 rings (SSSR count). The zero-order valence-corrected chi connectivity index (χ0v) is 8.17. The van der Waals surface area contributed by atoms with Crippen molar-refractivity contribution < 1.29 is 0 Å². The first kappa shape index (κ1) is 8.02. The van der Waals surface area contributed by atoms with E-state index in [-0.39, 0.29) is 0 Å². The van der Waals surface area contributed by atoms with Gasteiger partial charge in [0.15, 0.2) is 0 Å². The predicted molar refractivity (Wildman–Crippen MR) is 54.7 cm³/mol. The smallest absolute Gasteiger partial charge is 0.107 e. The minimum atomic E-state index is 0.297. The van der Waals surface area contributed by atoms with E-state index >= 15 is 0 Å². The maximum atomic E-state index is 5.87. The third-order valence-corrected chi connectivity index (χ3v) is 2.65. The summed E-state index contributed by atoms with van der Waals surface area (Å²) in [5.41, 5.74) is 2.31.